The molecule has 0 bridgehead atoms. The fourth-order valence-electron chi connectivity index (χ4n) is 2.88. The van der Waals surface area contributed by atoms with E-state index < -0.39 is 6.10 Å². The predicted octanol–water partition coefficient (Wildman–Crippen LogP) is 3.72. The molecule has 1 heterocycles. The first-order chi connectivity index (χ1) is 11.6. The summed E-state index contributed by atoms with van der Waals surface area (Å²) in [4.78, 5) is 15.1. The molecule has 3 rings (SSSR count). The van der Waals surface area contributed by atoms with Gasteiger partial charge in [0.15, 0.2) is 0 Å². The Morgan fingerprint density at radius 3 is 2.46 bits per heavy atom. The zero-order valence-corrected chi connectivity index (χ0v) is 13.1. The highest BCUT2D eigenvalue weighted by Crippen LogP contribution is 2.28. The van der Waals surface area contributed by atoms with Crippen LogP contribution in [-0.4, -0.2) is 21.6 Å². The summed E-state index contributed by atoms with van der Waals surface area (Å²) in [6, 6.07) is 20.6. The van der Waals surface area contributed by atoms with E-state index in [4.69, 9.17) is 0 Å². The lowest BCUT2D eigenvalue weighted by molar-refractivity contribution is -0.483. The molecule has 0 aliphatic carbocycles. The molecule has 0 unspecified atom stereocenters. The third-order valence-electron chi connectivity index (χ3n) is 4.11. The van der Waals surface area contributed by atoms with E-state index in [1.807, 2.05) is 60.7 Å². The normalized spacial score (nSPS) is 13.5. The Morgan fingerprint density at radius 2 is 1.71 bits per heavy atom. The molecule has 0 spiro atoms. The van der Waals surface area contributed by atoms with Gasteiger partial charge in [0.05, 0.1) is 23.2 Å². The maximum Gasteiger partial charge on any atom is 0.210 e. The van der Waals surface area contributed by atoms with Crippen LogP contribution in [0.2, 0.25) is 0 Å². The highest BCUT2D eigenvalue weighted by Gasteiger charge is 2.23. The summed E-state index contributed by atoms with van der Waals surface area (Å²) >= 11 is 0. The summed E-state index contributed by atoms with van der Waals surface area (Å²) in [5.41, 5.74) is 2.20. The molecule has 122 valence electrons. The fourth-order valence-corrected chi connectivity index (χ4v) is 2.88. The Hall–Kier alpha value is -2.79. The maximum absolute atomic E-state index is 11.0. The number of para-hydroxylation sites is 1. The molecule has 0 aliphatic rings. The second-order valence-corrected chi connectivity index (χ2v) is 5.80. The molecule has 0 amide bonds. The van der Waals surface area contributed by atoms with Gasteiger partial charge in [-0.1, -0.05) is 54.6 Å². The largest absolute Gasteiger partial charge is 0.387 e. The predicted molar refractivity (Wildman–Crippen MR) is 92.4 cm³/mol. The summed E-state index contributed by atoms with van der Waals surface area (Å²) in [7, 11) is 0. The van der Waals surface area contributed by atoms with Crippen LogP contribution in [0.3, 0.4) is 0 Å². The molecule has 5 heteroatoms. The first-order valence-electron chi connectivity index (χ1n) is 7.84. The molecular weight excluding hydrogens is 304 g/mol. The van der Waals surface area contributed by atoms with E-state index in [0.717, 1.165) is 16.5 Å². The first-order valence-corrected chi connectivity index (χ1v) is 7.84. The van der Waals surface area contributed by atoms with Crippen LogP contribution in [0.5, 0.6) is 0 Å². The molecule has 2 atom stereocenters. The summed E-state index contributed by atoms with van der Waals surface area (Å²) in [6.07, 6.45) is -0.587. The number of benzene rings is 2. The molecule has 0 fully saturated rings. The Labute approximate surface area is 139 Å². The zero-order valence-electron chi connectivity index (χ0n) is 13.1. The molecule has 1 aromatic heterocycles. The molecule has 3 aromatic rings. The number of aromatic nitrogens is 1. The van der Waals surface area contributed by atoms with Crippen molar-refractivity contribution in [3.8, 4) is 0 Å². The van der Waals surface area contributed by atoms with Crippen LogP contribution in [0, 0.1) is 10.1 Å². The molecular formula is C19H18N2O3. The zero-order chi connectivity index (χ0) is 16.9. The van der Waals surface area contributed by atoms with Gasteiger partial charge in [-0.2, -0.15) is 0 Å². The van der Waals surface area contributed by atoms with Crippen molar-refractivity contribution in [1.29, 1.82) is 0 Å². The molecule has 0 saturated heterocycles. The average molecular weight is 322 g/mol. The van der Waals surface area contributed by atoms with Crippen LogP contribution < -0.4 is 0 Å². The van der Waals surface area contributed by atoms with Gasteiger partial charge in [-0.15, -0.1) is 0 Å². The second kappa shape index (κ2) is 7.19. The minimum atomic E-state index is -0.847. The molecule has 24 heavy (non-hydrogen) atoms. The molecule has 0 saturated carbocycles. The Bertz CT molecular complexity index is 836. The van der Waals surface area contributed by atoms with Crippen molar-refractivity contribution >= 4 is 10.9 Å². The molecule has 2 aromatic carbocycles. The summed E-state index contributed by atoms with van der Waals surface area (Å²) < 4.78 is 0. The van der Waals surface area contributed by atoms with Gasteiger partial charge in [-0.3, -0.25) is 15.1 Å². The summed E-state index contributed by atoms with van der Waals surface area (Å²) in [5.74, 6) is -0.357. The van der Waals surface area contributed by atoms with Gasteiger partial charge in [0, 0.05) is 10.3 Å². The number of pyridine rings is 1. The number of aliphatic hydroxyl groups is 1. The van der Waals surface area contributed by atoms with E-state index in [1.165, 1.54) is 0 Å². The number of hydrogen-bond acceptors (Lipinski definition) is 4. The minimum absolute atomic E-state index is 0.214. The Balaban J connectivity index is 1.83. The van der Waals surface area contributed by atoms with E-state index in [9.17, 15) is 15.2 Å². The van der Waals surface area contributed by atoms with Crippen LogP contribution >= 0.6 is 0 Å². The topological polar surface area (TPSA) is 76.3 Å². The van der Waals surface area contributed by atoms with Gasteiger partial charge in [0.2, 0.25) is 6.54 Å². The number of nitrogens with zero attached hydrogens (tertiary/aromatic N) is 2. The maximum atomic E-state index is 11.0. The van der Waals surface area contributed by atoms with Gasteiger partial charge in [0.1, 0.15) is 0 Å². The lowest BCUT2D eigenvalue weighted by Gasteiger charge is -2.17. The van der Waals surface area contributed by atoms with Gasteiger partial charge in [-0.25, -0.2) is 0 Å². The van der Waals surface area contributed by atoms with Crippen molar-refractivity contribution < 1.29 is 10.0 Å². The number of aliphatic hydroxyl groups excluding tert-OH is 1. The van der Waals surface area contributed by atoms with E-state index in [-0.39, 0.29) is 23.8 Å². The van der Waals surface area contributed by atoms with Gasteiger partial charge in [-0.05, 0) is 24.1 Å². The number of nitro groups is 1. The van der Waals surface area contributed by atoms with Gasteiger partial charge >= 0.3 is 0 Å². The molecule has 0 radical (unpaired) electrons. The number of rotatable bonds is 6. The van der Waals surface area contributed by atoms with E-state index in [1.54, 1.807) is 6.07 Å². The summed E-state index contributed by atoms with van der Waals surface area (Å²) in [5, 5.41) is 22.5. The van der Waals surface area contributed by atoms with Crippen LogP contribution in [0.4, 0.5) is 0 Å². The number of hydrogen-bond donors (Lipinski definition) is 1. The highest BCUT2D eigenvalue weighted by molar-refractivity contribution is 5.78. The first kappa shape index (κ1) is 16.1. The van der Waals surface area contributed by atoms with Crippen molar-refractivity contribution in [2.75, 3.05) is 6.54 Å². The monoisotopic (exact) mass is 322 g/mol. The van der Waals surface area contributed by atoms with Crippen LogP contribution in [0.1, 0.15) is 29.7 Å². The van der Waals surface area contributed by atoms with Crippen molar-refractivity contribution in [3.05, 3.63) is 88.1 Å². The Morgan fingerprint density at radius 1 is 1.00 bits per heavy atom. The van der Waals surface area contributed by atoms with Crippen LogP contribution in [0.25, 0.3) is 10.9 Å². The van der Waals surface area contributed by atoms with Crippen molar-refractivity contribution in [1.82, 2.24) is 4.98 Å². The SMILES string of the molecule is O=[N+]([O-])C[C@H](C[C@H](O)c1ccc2ccccc2n1)c1ccccc1. The van der Waals surface area contributed by atoms with E-state index in [0.29, 0.717) is 5.69 Å². The van der Waals surface area contributed by atoms with Crippen molar-refractivity contribution in [2.24, 2.45) is 0 Å². The minimum Gasteiger partial charge on any atom is -0.387 e. The van der Waals surface area contributed by atoms with Crippen molar-refractivity contribution in [2.45, 2.75) is 18.4 Å². The third kappa shape index (κ3) is 3.75. The standard InChI is InChI=1S/C19H18N2O3/c22-19(18-11-10-15-8-4-5-9-17(15)20-18)12-16(13-21(23)24)14-6-2-1-3-7-14/h1-11,16,19,22H,12-13H2/t16-,19-/m0/s1. The molecule has 0 aliphatic heterocycles. The molecule has 5 nitrogen and oxygen atoms in total. The van der Waals surface area contributed by atoms with Gasteiger partial charge in [0.25, 0.3) is 0 Å². The van der Waals surface area contributed by atoms with E-state index in [2.05, 4.69) is 4.98 Å². The average Bonchev–Trinajstić information content (AvgIpc) is 2.61. The van der Waals surface area contributed by atoms with Crippen LogP contribution in [0.15, 0.2) is 66.7 Å². The van der Waals surface area contributed by atoms with E-state index >= 15 is 0 Å². The summed E-state index contributed by atoms with van der Waals surface area (Å²) in [6.45, 7) is -0.214. The molecule has 1 N–H and O–H groups in total. The van der Waals surface area contributed by atoms with Gasteiger partial charge < -0.3 is 5.11 Å². The smallest absolute Gasteiger partial charge is 0.210 e. The Kier molecular flexibility index (Phi) is 4.82. The fraction of sp³-hybridized carbons (Fsp3) is 0.211. The lowest BCUT2D eigenvalue weighted by atomic mass is 9.92. The second-order valence-electron chi connectivity index (χ2n) is 5.80. The van der Waals surface area contributed by atoms with Crippen molar-refractivity contribution in [3.63, 3.8) is 0 Å². The highest BCUT2D eigenvalue weighted by atomic mass is 16.6. The van der Waals surface area contributed by atoms with Crippen LogP contribution in [-0.2, 0) is 0 Å². The third-order valence-corrected chi connectivity index (χ3v) is 4.11. The lowest BCUT2D eigenvalue weighted by Crippen LogP contribution is -2.16. The quantitative estimate of drug-likeness (QED) is 0.554. The number of fused-ring (bicyclic) bond motifs is 1.